The molecule has 0 aliphatic carbocycles. The Morgan fingerprint density at radius 1 is 1.57 bits per heavy atom. The number of nitrogens with zero attached hydrogens (tertiary/aromatic N) is 2. The molecule has 0 saturated carbocycles. The number of carbonyl (C=O) groups excluding carboxylic acids is 1. The van der Waals surface area contributed by atoms with Crippen LogP contribution in [-0.4, -0.2) is 30.1 Å². The zero-order valence-electron chi connectivity index (χ0n) is 12.0. The van der Waals surface area contributed by atoms with E-state index in [4.69, 9.17) is 10.00 Å². The Hall–Kier alpha value is -2.46. The van der Waals surface area contributed by atoms with Crippen LogP contribution in [0, 0.1) is 21.4 Å². The zero-order valence-corrected chi connectivity index (χ0v) is 12.0. The second-order valence-corrected chi connectivity index (χ2v) is 4.85. The van der Waals surface area contributed by atoms with Crippen LogP contribution >= 0.6 is 0 Å². The van der Waals surface area contributed by atoms with Crippen molar-refractivity contribution in [2.24, 2.45) is 0 Å². The van der Waals surface area contributed by atoms with Crippen molar-refractivity contribution in [3.63, 3.8) is 0 Å². The molecular formula is C14H17N3O4. The van der Waals surface area contributed by atoms with Crippen molar-refractivity contribution in [3.05, 3.63) is 39.9 Å². The van der Waals surface area contributed by atoms with Crippen LogP contribution in [0.2, 0.25) is 0 Å². The molecule has 7 heteroatoms. The Balaban J connectivity index is 2.59. The molecule has 0 radical (unpaired) electrons. The lowest BCUT2D eigenvalue weighted by atomic mass is 10.0. The first-order valence-electron chi connectivity index (χ1n) is 6.35. The first-order chi connectivity index (χ1) is 9.90. The predicted molar refractivity (Wildman–Crippen MR) is 75.5 cm³/mol. The molecule has 1 amide bonds. The van der Waals surface area contributed by atoms with E-state index in [0.29, 0.717) is 12.0 Å². The molecule has 0 aliphatic heterocycles. The number of amides is 1. The molecule has 0 aromatic heterocycles. The van der Waals surface area contributed by atoms with Gasteiger partial charge in [0.2, 0.25) is 5.91 Å². The Labute approximate surface area is 122 Å². The highest BCUT2D eigenvalue weighted by Gasteiger charge is 2.25. The summed E-state index contributed by atoms with van der Waals surface area (Å²) in [5, 5.41) is 22.3. The van der Waals surface area contributed by atoms with Crippen molar-refractivity contribution in [2.75, 3.05) is 13.7 Å². The van der Waals surface area contributed by atoms with Gasteiger partial charge in [0.25, 0.3) is 5.69 Å². The van der Waals surface area contributed by atoms with Crippen molar-refractivity contribution >= 4 is 11.6 Å². The van der Waals surface area contributed by atoms with Crippen molar-refractivity contribution in [2.45, 2.75) is 25.3 Å². The molecular weight excluding hydrogens is 274 g/mol. The minimum atomic E-state index is -1.07. The second kappa shape index (κ2) is 7.36. The summed E-state index contributed by atoms with van der Waals surface area (Å²) in [5.41, 5.74) is -0.381. The lowest BCUT2D eigenvalue weighted by molar-refractivity contribution is -0.384. The smallest absolute Gasteiger partial charge is 0.269 e. The molecule has 1 aromatic rings. The van der Waals surface area contributed by atoms with Gasteiger partial charge in [0, 0.05) is 25.7 Å². The van der Waals surface area contributed by atoms with Crippen molar-refractivity contribution in [1.82, 2.24) is 5.32 Å². The molecule has 1 atom stereocenters. The summed E-state index contributed by atoms with van der Waals surface area (Å²) in [6.45, 7) is 1.66. The average Bonchev–Trinajstić information content (AvgIpc) is 2.45. The van der Waals surface area contributed by atoms with Crippen LogP contribution in [0.4, 0.5) is 5.69 Å². The second-order valence-electron chi connectivity index (χ2n) is 4.85. The van der Waals surface area contributed by atoms with Crippen LogP contribution < -0.4 is 5.32 Å². The third-order valence-corrected chi connectivity index (χ3v) is 2.86. The summed E-state index contributed by atoms with van der Waals surface area (Å²) >= 11 is 0. The van der Waals surface area contributed by atoms with E-state index >= 15 is 0 Å². The van der Waals surface area contributed by atoms with E-state index in [1.165, 1.54) is 19.2 Å². The third kappa shape index (κ3) is 5.20. The Bertz CT molecular complexity index is 568. The largest absolute Gasteiger partial charge is 0.381 e. The molecule has 1 unspecified atom stereocenters. The number of rotatable bonds is 7. The lowest BCUT2D eigenvalue weighted by Crippen LogP contribution is -2.48. The summed E-state index contributed by atoms with van der Waals surface area (Å²) in [7, 11) is 1.45. The molecule has 0 saturated heterocycles. The number of carbonyl (C=O) groups is 1. The zero-order chi connectivity index (χ0) is 15.9. The Kier molecular flexibility index (Phi) is 5.81. The van der Waals surface area contributed by atoms with E-state index in [1.54, 1.807) is 19.1 Å². The number of aryl methyl sites for hydroxylation is 1. The minimum Gasteiger partial charge on any atom is -0.381 e. The van der Waals surface area contributed by atoms with E-state index < -0.39 is 10.5 Å². The molecule has 0 bridgehead atoms. The Morgan fingerprint density at radius 3 is 2.86 bits per heavy atom. The molecule has 112 valence electrons. The SMILES string of the molecule is COCC(C)(C#N)NC(=O)CCc1cccc([N+](=O)[O-])c1. The molecule has 0 fully saturated rings. The molecule has 21 heavy (non-hydrogen) atoms. The number of nitrogens with one attached hydrogen (secondary N) is 1. The molecule has 7 nitrogen and oxygen atoms in total. The fraction of sp³-hybridized carbons (Fsp3) is 0.429. The van der Waals surface area contributed by atoms with Gasteiger partial charge in [-0.3, -0.25) is 14.9 Å². The van der Waals surface area contributed by atoms with Crippen LogP contribution in [0.1, 0.15) is 18.9 Å². The number of ether oxygens (including phenoxy) is 1. The lowest BCUT2D eigenvalue weighted by Gasteiger charge is -2.22. The van der Waals surface area contributed by atoms with Gasteiger partial charge < -0.3 is 10.1 Å². The normalized spacial score (nSPS) is 13.0. The molecule has 1 aromatic carbocycles. The molecule has 1 N–H and O–H groups in total. The van der Waals surface area contributed by atoms with E-state index in [-0.39, 0.29) is 24.6 Å². The van der Waals surface area contributed by atoms with E-state index in [1.807, 2.05) is 6.07 Å². The predicted octanol–water partition coefficient (Wildman–Crippen LogP) is 1.57. The van der Waals surface area contributed by atoms with Crippen LogP contribution in [0.5, 0.6) is 0 Å². The van der Waals surface area contributed by atoms with Gasteiger partial charge in [-0.1, -0.05) is 12.1 Å². The van der Waals surface area contributed by atoms with Crippen LogP contribution in [0.15, 0.2) is 24.3 Å². The quantitative estimate of drug-likeness (QED) is 0.606. The fourth-order valence-corrected chi connectivity index (χ4v) is 1.84. The summed E-state index contributed by atoms with van der Waals surface area (Å²) in [4.78, 5) is 22.0. The van der Waals surface area contributed by atoms with Crippen LogP contribution in [-0.2, 0) is 16.0 Å². The number of hydrogen-bond donors (Lipinski definition) is 1. The highest BCUT2D eigenvalue weighted by atomic mass is 16.6. The summed E-state index contributed by atoms with van der Waals surface area (Å²) in [6.07, 6.45) is 0.504. The van der Waals surface area contributed by atoms with Gasteiger partial charge in [-0.25, -0.2) is 0 Å². The van der Waals surface area contributed by atoms with Gasteiger partial charge in [-0.15, -0.1) is 0 Å². The monoisotopic (exact) mass is 291 g/mol. The van der Waals surface area contributed by atoms with Crippen molar-refractivity contribution < 1.29 is 14.5 Å². The summed E-state index contributed by atoms with van der Waals surface area (Å²) in [5.74, 6) is -0.303. The number of non-ortho nitro benzene ring substituents is 1. The van der Waals surface area contributed by atoms with Gasteiger partial charge in [-0.2, -0.15) is 5.26 Å². The first-order valence-corrected chi connectivity index (χ1v) is 6.35. The molecule has 0 spiro atoms. The van der Waals surface area contributed by atoms with Gasteiger partial charge in [-0.05, 0) is 18.9 Å². The van der Waals surface area contributed by atoms with Gasteiger partial charge in [0.15, 0.2) is 0 Å². The summed E-state index contributed by atoms with van der Waals surface area (Å²) < 4.78 is 4.89. The fourth-order valence-electron chi connectivity index (χ4n) is 1.84. The van der Waals surface area contributed by atoms with Gasteiger partial charge >= 0.3 is 0 Å². The highest BCUT2D eigenvalue weighted by Crippen LogP contribution is 2.14. The average molecular weight is 291 g/mol. The number of nitro benzene ring substituents is 1. The molecule has 1 rings (SSSR count). The number of nitriles is 1. The summed E-state index contributed by atoms with van der Waals surface area (Å²) in [6, 6.07) is 8.12. The number of methoxy groups -OCH3 is 1. The molecule has 0 heterocycles. The third-order valence-electron chi connectivity index (χ3n) is 2.86. The maximum atomic E-state index is 11.8. The minimum absolute atomic E-state index is 0.00541. The number of benzene rings is 1. The van der Waals surface area contributed by atoms with Gasteiger partial charge in [0.05, 0.1) is 17.6 Å². The van der Waals surface area contributed by atoms with E-state index in [2.05, 4.69) is 5.32 Å². The maximum absolute atomic E-state index is 11.8. The van der Waals surface area contributed by atoms with E-state index in [9.17, 15) is 14.9 Å². The van der Waals surface area contributed by atoms with E-state index in [0.717, 1.165) is 0 Å². The molecule has 0 aliphatic rings. The number of hydrogen-bond acceptors (Lipinski definition) is 5. The van der Waals surface area contributed by atoms with Crippen LogP contribution in [0.3, 0.4) is 0 Å². The van der Waals surface area contributed by atoms with Crippen LogP contribution in [0.25, 0.3) is 0 Å². The Morgan fingerprint density at radius 2 is 2.29 bits per heavy atom. The van der Waals surface area contributed by atoms with Crippen molar-refractivity contribution in [3.8, 4) is 6.07 Å². The topological polar surface area (TPSA) is 105 Å². The first kappa shape index (κ1) is 16.6. The van der Waals surface area contributed by atoms with Gasteiger partial charge in [0.1, 0.15) is 5.54 Å². The highest BCUT2D eigenvalue weighted by molar-refractivity contribution is 5.77. The number of nitro groups is 1. The van der Waals surface area contributed by atoms with Crippen molar-refractivity contribution in [1.29, 1.82) is 5.26 Å². The standard InChI is InChI=1S/C14H17N3O4/c1-14(9-15,10-21-2)16-13(18)7-6-11-4-3-5-12(8-11)17(19)20/h3-5,8H,6-7,10H2,1-2H3,(H,16,18). The maximum Gasteiger partial charge on any atom is 0.269 e.